The minimum absolute atomic E-state index is 0.446. The van der Waals surface area contributed by atoms with Crippen molar-refractivity contribution in [2.75, 3.05) is 6.54 Å². The molecular weight excluding hydrogens is 194 g/mol. The number of imidazole rings is 1. The molecule has 0 bridgehead atoms. The molecule has 0 spiro atoms. The highest BCUT2D eigenvalue weighted by molar-refractivity contribution is 7.10. The number of nitrogens with zero attached hydrogens (tertiary/aromatic N) is 1. The second-order valence-electron chi connectivity index (χ2n) is 3.53. The average molecular weight is 206 g/mol. The predicted molar refractivity (Wildman–Crippen MR) is 55.2 cm³/mol. The number of rotatable bonds is 1. The van der Waals surface area contributed by atoms with E-state index in [0.29, 0.717) is 6.04 Å². The van der Waals surface area contributed by atoms with E-state index in [0.717, 1.165) is 13.0 Å². The lowest BCUT2D eigenvalue weighted by atomic mass is 10.0. The SMILES string of the molecule is c1csc([C@@H]2[NH2+]CCc3nc[nH]c32)c1. The number of hydrogen-bond donors (Lipinski definition) is 2. The maximum Gasteiger partial charge on any atom is 0.163 e. The highest BCUT2D eigenvalue weighted by Crippen LogP contribution is 2.24. The lowest BCUT2D eigenvalue weighted by molar-refractivity contribution is -0.690. The largest absolute Gasteiger partial charge is 0.343 e. The average Bonchev–Trinajstić information content (AvgIpc) is 2.88. The number of H-pyrrole nitrogens is 1. The summed E-state index contributed by atoms with van der Waals surface area (Å²) in [5.41, 5.74) is 2.53. The molecule has 3 heterocycles. The molecule has 2 aromatic heterocycles. The van der Waals surface area contributed by atoms with Crippen molar-refractivity contribution in [3.63, 3.8) is 0 Å². The van der Waals surface area contributed by atoms with Gasteiger partial charge in [0.05, 0.1) is 23.4 Å². The van der Waals surface area contributed by atoms with Gasteiger partial charge in [-0.15, -0.1) is 11.3 Å². The van der Waals surface area contributed by atoms with Crippen LogP contribution in [-0.4, -0.2) is 16.5 Å². The first-order valence-corrected chi connectivity index (χ1v) is 5.72. The van der Waals surface area contributed by atoms with E-state index in [4.69, 9.17) is 0 Å². The van der Waals surface area contributed by atoms with Crippen LogP contribution in [-0.2, 0) is 6.42 Å². The Labute approximate surface area is 86.2 Å². The van der Waals surface area contributed by atoms with Crippen molar-refractivity contribution in [3.8, 4) is 0 Å². The van der Waals surface area contributed by atoms with E-state index in [9.17, 15) is 0 Å². The van der Waals surface area contributed by atoms with Crippen LogP contribution in [0.3, 0.4) is 0 Å². The molecule has 0 aliphatic carbocycles. The Morgan fingerprint density at radius 2 is 2.57 bits per heavy atom. The fraction of sp³-hybridized carbons (Fsp3) is 0.300. The predicted octanol–water partition coefficient (Wildman–Crippen LogP) is 0.680. The van der Waals surface area contributed by atoms with Gasteiger partial charge in [-0.05, 0) is 11.4 Å². The quantitative estimate of drug-likeness (QED) is 0.708. The lowest BCUT2D eigenvalue weighted by Crippen LogP contribution is -2.87. The summed E-state index contributed by atoms with van der Waals surface area (Å²) in [4.78, 5) is 9.02. The van der Waals surface area contributed by atoms with Gasteiger partial charge in [0.25, 0.3) is 0 Å². The zero-order chi connectivity index (χ0) is 9.38. The van der Waals surface area contributed by atoms with Gasteiger partial charge in [-0.25, -0.2) is 4.98 Å². The van der Waals surface area contributed by atoms with Crippen LogP contribution in [0.1, 0.15) is 22.3 Å². The maximum atomic E-state index is 4.35. The van der Waals surface area contributed by atoms with Gasteiger partial charge in [0.2, 0.25) is 0 Å². The lowest BCUT2D eigenvalue weighted by Gasteiger charge is -2.18. The van der Waals surface area contributed by atoms with E-state index in [1.807, 2.05) is 17.7 Å². The number of aromatic nitrogens is 2. The molecule has 0 saturated carbocycles. The summed E-state index contributed by atoms with van der Waals surface area (Å²) in [6.45, 7) is 1.14. The van der Waals surface area contributed by atoms with Crippen LogP contribution in [0.4, 0.5) is 0 Å². The van der Waals surface area contributed by atoms with E-state index in [1.165, 1.54) is 16.3 Å². The molecular formula is C10H12N3S+. The minimum Gasteiger partial charge on any atom is -0.343 e. The first kappa shape index (κ1) is 8.20. The van der Waals surface area contributed by atoms with E-state index in [2.05, 4.69) is 32.8 Å². The molecule has 0 radical (unpaired) electrons. The number of nitrogens with two attached hydrogens (primary N) is 1. The molecule has 1 aliphatic rings. The number of hydrogen-bond acceptors (Lipinski definition) is 2. The van der Waals surface area contributed by atoms with Crippen molar-refractivity contribution in [1.82, 2.24) is 9.97 Å². The van der Waals surface area contributed by atoms with Crippen LogP contribution in [0.25, 0.3) is 0 Å². The van der Waals surface area contributed by atoms with Crippen molar-refractivity contribution in [2.45, 2.75) is 12.5 Å². The molecule has 1 aliphatic heterocycles. The summed E-state index contributed by atoms with van der Waals surface area (Å²) in [5, 5.41) is 4.51. The monoisotopic (exact) mass is 206 g/mol. The standard InChI is InChI=1S/C10H11N3S/c1-2-8(14-5-1)10-9-7(3-4-11-10)12-6-13-9/h1-2,5-6,10-11H,3-4H2,(H,12,13)/p+1/t10-/m0/s1. The Balaban J connectivity index is 2.04. The van der Waals surface area contributed by atoms with Crippen LogP contribution in [0.2, 0.25) is 0 Å². The number of thiophene rings is 1. The molecule has 1 atom stereocenters. The van der Waals surface area contributed by atoms with Crippen molar-refractivity contribution in [1.29, 1.82) is 0 Å². The molecule has 72 valence electrons. The molecule has 0 amide bonds. The zero-order valence-corrected chi connectivity index (χ0v) is 8.55. The van der Waals surface area contributed by atoms with Crippen molar-refractivity contribution in [3.05, 3.63) is 40.1 Å². The topological polar surface area (TPSA) is 45.3 Å². The second kappa shape index (κ2) is 3.22. The van der Waals surface area contributed by atoms with Crippen LogP contribution < -0.4 is 5.32 Å². The molecule has 2 aromatic rings. The van der Waals surface area contributed by atoms with E-state index in [1.54, 1.807) is 0 Å². The highest BCUT2D eigenvalue weighted by atomic mass is 32.1. The smallest absolute Gasteiger partial charge is 0.163 e. The van der Waals surface area contributed by atoms with Crippen molar-refractivity contribution < 1.29 is 5.32 Å². The number of fused-ring (bicyclic) bond motifs is 1. The molecule has 4 heteroatoms. The first-order chi connectivity index (χ1) is 6.95. The van der Waals surface area contributed by atoms with Gasteiger partial charge in [-0.1, -0.05) is 6.07 Å². The molecule has 0 unspecified atom stereocenters. The van der Waals surface area contributed by atoms with Crippen molar-refractivity contribution >= 4 is 11.3 Å². The van der Waals surface area contributed by atoms with Crippen LogP contribution in [0.5, 0.6) is 0 Å². The Hall–Kier alpha value is -1.13. The summed E-state index contributed by atoms with van der Waals surface area (Å²) in [5.74, 6) is 0. The van der Waals surface area contributed by atoms with Gasteiger partial charge in [0, 0.05) is 6.42 Å². The molecule has 0 fully saturated rings. The Morgan fingerprint density at radius 3 is 3.43 bits per heavy atom. The molecule has 0 saturated heterocycles. The summed E-state index contributed by atoms with van der Waals surface area (Å²) in [6.07, 6.45) is 2.89. The molecule has 3 nitrogen and oxygen atoms in total. The van der Waals surface area contributed by atoms with E-state index in [-0.39, 0.29) is 0 Å². The molecule has 0 aromatic carbocycles. The summed E-state index contributed by atoms with van der Waals surface area (Å²) in [6, 6.07) is 4.75. The fourth-order valence-electron chi connectivity index (χ4n) is 2.03. The zero-order valence-electron chi connectivity index (χ0n) is 7.73. The third-order valence-corrected chi connectivity index (χ3v) is 3.65. The molecule has 14 heavy (non-hydrogen) atoms. The highest BCUT2D eigenvalue weighted by Gasteiger charge is 2.27. The van der Waals surface area contributed by atoms with Crippen LogP contribution >= 0.6 is 11.3 Å². The van der Waals surface area contributed by atoms with Gasteiger partial charge in [0.15, 0.2) is 6.04 Å². The van der Waals surface area contributed by atoms with Gasteiger partial charge in [0.1, 0.15) is 5.69 Å². The Kier molecular flexibility index (Phi) is 1.89. The van der Waals surface area contributed by atoms with Crippen LogP contribution in [0.15, 0.2) is 23.8 Å². The fourth-order valence-corrected chi connectivity index (χ4v) is 2.86. The molecule has 3 rings (SSSR count). The second-order valence-corrected chi connectivity index (χ2v) is 4.51. The van der Waals surface area contributed by atoms with Gasteiger partial charge < -0.3 is 10.3 Å². The number of quaternary nitrogens is 1. The van der Waals surface area contributed by atoms with E-state index < -0.39 is 0 Å². The van der Waals surface area contributed by atoms with Gasteiger partial charge in [-0.3, -0.25) is 0 Å². The van der Waals surface area contributed by atoms with Crippen molar-refractivity contribution in [2.24, 2.45) is 0 Å². The third-order valence-electron chi connectivity index (χ3n) is 2.70. The maximum absolute atomic E-state index is 4.35. The summed E-state index contributed by atoms with van der Waals surface area (Å²) in [7, 11) is 0. The number of aromatic amines is 1. The molecule has 3 N–H and O–H groups in total. The minimum atomic E-state index is 0.446. The summed E-state index contributed by atoms with van der Waals surface area (Å²) < 4.78 is 0. The summed E-state index contributed by atoms with van der Waals surface area (Å²) >= 11 is 1.82. The first-order valence-electron chi connectivity index (χ1n) is 4.84. The Bertz CT molecular complexity index is 418. The Morgan fingerprint density at radius 1 is 1.57 bits per heavy atom. The van der Waals surface area contributed by atoms with Crippen LogP contribution in [0, 0.1) is 0 Å². The van der Waals surface area contributed by atoms with Gasteiger partial charge >= 0.3 is 0 Å². The van der Waals surface area contributed by atoms with Gasteiger partial charge in [-0.2, -0.15) is 0 Å². The number of nitrogens with one attached hydrogen (secondary N) is 1. The van der Waals surface area contributed by atoms with E-state index >= 15 is 0 Å². The third kappa shape index (κ3) is 1.19. The normalized spacial score (nSPS) is 20.7.